The lowest BCUT2D eigenvalue weighted by molar-refractivity contribution is -0.111. The Kier molecular flexibility index (Phi) is 9.15. The van der Waals surface area contributed by atoms with Crippen LogP contribution in [0.25, 0.3) is 11.3 Å². The fraction of sp³-hybridized carbons (Fsp3) is 0.235. The van der Waals surface area contributed by atoms with Gasteiger partial charge in [-0.1, -0.05) is 12.6 Å². The highest BCUT2D eigenvalue weighted by Gasteiger charge is 2.17. The Morgan fingerprint density at radius 2 is 1.53 bits per heavy atom. The number of ether oxygens (including phenoxy) is 2. The van der Waals surface area contributed by atoms with Crippen LogP contribution in [0.15, 0.2) is 85.6 Å². The van der Waals surface area contributed by atoms with Gasteiger partial charge in [0.05, 0.1) is 49.9 Å². The number of carbonyl (C=O) groups excluding carboxylic acids is 1. The molecule has 4 aromatic rings. The summed E-state index contributed by atoms with van der Waals surface area (Å²) in [7, 11) is 0. The topological polar surface area (TPSA) is 128 Å². The number of hydrogen-bond acceptors (Lipinski definition) is 10. The van der Waals surface area contributed by atoms with Gasteiger partial charge < -0.3 is 35.2 Å². The second kappa shape index (κ2) is 13.9. The summed E-state index contributed by atoms with van der Waals surface area (Å²) in [6.45, 7) is 9.71. The van der Waals surface area contributed by atoms with E-state index in [4.69, 9.17) is 14.5 Å². The van der Waals surface area contributed by atoms with Gasteiger partial charge in [0.2, 0.25) is 11.9 Å². The van der Waals surface area contributed by atoms with Gasteiger partial charge >= 0.3 is 0 Å². The summed E-state index contributed by atoms with van der Waals surface area (Å²) in [4.78, 5) is 26.2. The monoisotopic (exact) mass is 602 g/mol. The SMILES string of the molecule is C=CC(=O)Nc1ccc(C#N)c(-c2nc(Nc3cccc(N4CCOCC4)c3)ncc2Nc2ccc(N3CCOCC3)cc2)c1. The zero-order chi connectivity index (χ0) is 31.0. The molecule has 3 heterocycles. The first-order chi connectivity index (χ1) is 22.1. The van der Waals surface area contributed by atoms with E-state index in [9.17, 15) is 10.1 Å². The van der Waals surface area contributed by atoms with E-state index in [2.05, 4.69) is 67.6 Å². The standard InChI is InChI=1S/C34H34N8O3/c1-2-32(43)38-27-7-6-24(22-35)30(21-27)33-31(37-25-8-10-28(11-9-25)41-12-16-44-17-13-41)23-36-34(40-33)39-26-4-3-5-29(20-26)42-14-18-45-19-15-42/h2-11,20-21,23,37H,1,12-19H2,(H,38,43)(H,36,39,40). The first kappa shape index (κ1) is 29.6. The van der Waals surface area contributed by atoms with E-state index in [1.165, 1.54) is 6.08 Å². The maximum atomic E-state index is 12.1. The van der Waals surface area contributed by atoms with Crippen LogP contribution in [0.1, 0.15) is 5.56 Å². The molecule has 11 heteroatoms. The van der Waals surface area contributed by atoms with Crippen LogP contribution in [0, 0.1) is 11.3 Å². The first-order valence-electron chi connectivity index (χ1n) is 14.8. The molecule has 6 rings (SSSR count). The van der Waals surface area contributed by atoms with Gasteiger partial charge in [-0.25, -0.2) is 9.97 Å². The minimum absolute atomic E-state index is 0.352. The summed E-state index contributed by atoms with van der Waals surface area (Å²) in [5.74, 6) is 0.0105. The largest absolute Gasteiger partial charge is 0.378 e. The van der Waals surface area contributed by atoms with Crippen LogP contribution in [-0.4, -0.2) is 68.5 Å². The molecular weight excluding hydrogens is 568 g/mol. The minimum Gasteiger partial charge on any atom is -0.378 e. The van der Waals surface area contributed by atoms with Crippen LogP contribution in [-0.2, 0) is 14.3 Å². The van der Waals surface area contributed by atoms with E-state index < -0.39 is 0 Å². The lowest BCUT2D eigenvalue weighted by Gasteiger charge is -2.29. The van der Waals surface area contributed by atoms with Crippen LogP contribution in [0.4, 0.5) is 40.1 Å². The van der Waals surface area contributed by atoms with E-state index in [1.807, 2.05) is 24.3 Å². The summed E-state index contributed by atoms with van der Waals surface area (Å²) in [5, 5.41) is 19.6. The zero-order valence-electron chi connectivity index (χ0n) is 24.8. The normalized spacial score (nSPS) is 14.7. The molecule has 0 atom stereocenters. The van der Waals surface area contributed by atoms with Crippen molar-refractivity contribution in [2.45, 2.75) is 0 Å². The molecule has 0 radical (unpaired) electrons. The number of amides is 1. The molecule has 3 N–H and O–H groups in total. The number of anilines is 7. The molecule has 3 aromatic carbocycles. The first-order valence-corrected chi connectivity index (χ1v) is 14.8. The Hall–Kier alpha value is -5.44. The average molecular weight is 603 g/mol. The predicted octanol–water partition coefficient (Wildman–Crippen LogP) is 5.30. The Labute approximate surface area is 262 Å². The molecule has 1 amide bonds. The maximum Gasteiger partial charge on any atom is 0.247 e. The molecule has 2 saturated heterocycles. The molecule has 45 heavy (non-hydrogen) atoms. The molecule has 228 valence electrons. The van der Waals surface area contributed by atoms with E-state index in [-0.39, 0.29) is 5.91 Å². The molecule has 0 bridgehead atoms. The van der Waals surface area contributed by atoms with Crippen molar-refractivity contribution in [2.24, 2.45) is 0 Å². The molecule has 1 aromatic heterocycles. The van der Waals surface area contributed by atoms with Crippen molar-refractivity contribution in [3.63, 3.8) is 0 Å². The van der Waals surface area contributed by atoms with E-state index in [0.717, 1.165) is 48.9 Å². The van der Waals surface area contributed by atoms with Gasteiger partial charge in [0.25, 0.3) is 0 Å². The fourth-order valence-corrected chi connectivity index (χ4v) is 5.31. The highest BCUT2D eigenvalue weighted by molar-refractivity contribution is 5.99. The van der Waals surface area contributed by atoms with Crippen LogP contribution in [0.5, 0.6) is 0 Å². The van der Waals surface area contributed by atoms with Gasteiger partial charge in [-0.3, -0.25) is 4.79 Å². The predicted molar refractivity (Wildman–Crippen MR) is 177 cm³/mol. The number of aromatic nitrogens is 2. The highest BCUT2D eigenvalue weighted by atomic mass is 16.5. The van der Waals surface area contributed by atoms with Gasteiger partial charge in [0, 0.05) is 60.2 Å². The number of rotatable bonds is 9. The molecule has 2 fully saturated rings. The van der Waals surface area contributed by atoms with Gasteiger partial charge in [-0.15, -0.1) is 0 Å². The summed E-state index contributed by atoms with van der Waals surface area (Å²) in [5.41, 5.74) is 6.43. The molecular formula is C34H34N8O3. The molecule has 0 unspecified atom stereocenters. The van der Waals surface area contributed by atoms with Gasteiger partial charge in [-0.05, 0) is 66.7 Å². The van der Waals surface area contributed by atoms with Crippen molar-refractivity contribution in [3.8, 4) is 17.3 Å². The highest BCUT2D eigenvalue weighted by Crippen LogP contribution is 2.34. The second-order valence-electron chi connectivity index (χ2n) is 10.6. The number of nitrogens with one attached hydrogen (secondary N) is 3. The minimum atomic E-state index is -0.352. The number of hydrogen-bond donors (Lipinski definition) is 3. The third kappa shape index (κ3) is 7.21. The number of nitriles is 1. The van der Waals surface area contributed by atoms with Crippen molar-refractivity contribution in [1.29, 1.82) is 5.26 Å². The van der Waals surface area contributed by atoms with Gasteiger partial charge in [-0.2, -0.15) is 5.26 Å². The lowest BCUT2D eigenvalue weighted by atomic mass is 10.0. The van der Waals surface area contributed by atoms with Crippen LogP contribution in [0.2, 0.25) is 0 Å². The Morgan fingerprint density at radius 1 is 0.844 bits per heavy atom. The van der Waals surface area contributed by atoms with Crippen molar-refractivity contribution in [1.82, 2.24) is 9.97 Å². The van der Waals surface area contributed by atoms with Gasteiger partial charge in [0.1, 0.15) is 5.69 Å². The molecule has 0 saturated carbocycles. The smallest absolute Gasteiger partial charge is 0.247 e. The molecule has 0 spiro atoms. The van der Waals surface area contributed by atoms with Gasteiger partial charge in [0.15, 0.2) is 0 Å². The van der Waals surface area contributed by atoms with Crippen LogP contribution >= 0.6 is 0 Å². The maximum absolute atomic E-state index is 12.1. The summed E-state index contributed by atoms with van der Waals surface area (Å²) in [6, 6.07) is 23.6. The number of carbonyl (C=O) groups is 1. The average Bonchev–Trinajstić information content (AvgIpc) is 3.10. The summed E-state index contributed by atoms with van der Waals surface area (Å²) in [6.07, 6.45) is 2.89. The Balaban J connectivity index is 1.34. The number of nitrogens with zero attached hydrogens (tertiary/aromatic N) is 5. The number of benzene rings is 3. The molecule has 11 nitrogen and oxygen atoms in total. The fourth-order valence-electron chi connectivity index (χ4n) is 5.31. The second-order valence-corrected chi connectivity index (χ2v) is 10.6. The van der Waals surface area contributed by atoms with E-state index >= 15 is 0 Å². The lowest BCUT2D eigenvalue weighted by Crippen LogP contribution is -2.36. The summed E-state index contributed by atoms with van der Waals surface area (Å²) >= 11 is 0. The Bertz CT molecular complexity index is 1710. The third-order valence-electron chi connectivity index (χ3n) is 7.64. The van der Waals surface area contributed by atoms with E-state index in [0.29, 0.717) is 60.6 Å². The molecule has 0 aliphatic carbocycles. The van der Waals surface area contributed by atoms with E-state index in [1.54, 1.807) is 24.4 Å². The van der Waals surface area contributed by atoms with Crippen molar-refractivity contribution >= 4 is 46.0 Å². The Morgan fingerprint density at radius 3 is 2.22 bits per heavy atom. The third-order valence-corrected chi connectivity index (χ3v) is 7.64. The zero-order valence-corrected chi connectivity index (χ0v) is 24.8. The van der Waals surface area contributed by atoms with Crippen LogP contribution in [0.3, 0.4) is 0 Å². The van der Waals surface area contributed by atoms with Crippen molar-refractivity contribution in [2.75, 3.05) is 78.4 Å². The summed E-state index contributed by atoms with van der Waals surface area (Å²) < 4.78 is 11.0. The quantitative estimate of drug-likeness (QED) is 0.217. The molecule has 2 aliphatic rings. The van der Waals surface area contributed by atoms with Crippen molar-refractivity contribution in [3.05, 3.63) is 91.1 Å². The van der Waals surface area contributed by atoms with Crippen molar-refractivity contribution < 1.29 is 14.3 Å². The molecule has 2 aliphatic heterocycles. The number of morpholine rings is 2. The van der Waals surface area contributed by atoms with Crippen LogP contribution < -0.4 is 25.8 Å².